The minimum atomic E-state index is 1.08. The fourth-order valence-corrected chi connectivity index (χ4v) is 1.70. The van der Waals surface area contributed by atoms with Crippen molar-refractivity contribution in [2.45, 2.75) is 19.2 Å². The van der Waals surface area contributed by atoms with Crippen molar-refractivity contribution in [2.24, 2.45) is 0 Å². The Morgan fingerprint density at radius 3 is 2.50 bits per heavy atom. The topological polar surface area (TPSA) is 0 Å². The molecule has 0 atom stereocenters. The number of rotatable bonds is 1. The summed E-state index contributed by atoms with van der Waals surface area (Å²) in [6, 6.07) is 6.45. The molecule has 0 saturated carbocycles. The molecule has 54 valence electrons. The summed E-state index contributed by atoms with van der Waals surface area (Å²) in [5.41, 5.74) is 4.27. The molecule has 0 bridgehead atoms. The first-order chi connectivity index (χ1) is 4.75. The fourth-order valence-electron chi connectivity index (χ4n) is 0.983. The second-order valence-corrected chi connectivity index (χ2v) is 3.18. The van der Waals surface area contributed by atoms with Crippen LogP contribution in [0.5, 0.6) is 0 Å². The molecule has 1 heteroatoms. The third-order valence-corrected chi connectivity index (χ3v) is 2.60. The monoisotopic (exact) mass is 200 g/mol. The van der Waals surface area contributed by atoms with Crippen LogP contribution in [-0.2, 0) is 5.32 Å². The molecule has 0 spiro atoms. The summed E-state index contributed by atoms with van der Waals surface area (Å²) in [7, 11) is 0. The third kappa shape index (κ3) is 1.42. The Morgan fingerprint density at radius 1 is 1.30 bits per heavy atom. The molecular weight excluding hydrogens is 187 g/mol. The van der Waals surface area contributed by atoms with E-state index in [-0.39, 0.29) is 0 Å². The van der Waals surface area contributed by atoms with E-state index in [1.54, 1.807) is 0 Å². The van der Waals surface area contributed by atoms with E-state index in [1.165, 1.54) is 16.7 Å². The Balaban J connectivity index is 3.14. The standard InChI is InChI=1S/C9H12Se/c1-7-4-3-5-9(6-10)8(7)2/h3-5,10H,6H2,1-2H3. The fraction of sp³-hybridized carbons (Fsp3) is 0.333. The van der Waals surface area contributed by atoms with Gasteiger partial charge in [-0.25, -0.2) is 0 Å². The van der Waals surface area contributed by atoms with Gasteiger partial charge in [-0.05, 0) is 0 Å². The molecule has 0 aliphatic heterocycles. The Bertz CT molecular complexity index is 228. The van der Waals surface area contributed by atoms with Crippen LogP contribution in [0.4, 0.5) is 0 Å². The van der Waals surface area contributed by atoms with E-state index in [1.807, 2.05) is 0 Å². The number of benzene rings is 1. The predicted molar refractivity (Wildman–Crippen MR) is 46.8 cm³/mol. The Hall–Kier alpha value is -0.261. The first kappa shape index (κ1) is 7.84. The molecule has 0 unspecified atom stereocenters. The molecule has 1 aromatic rings. The molecule has 1 aromatic carbocycles. The zero-order chi connectivity index (χ0) is 7.56. The molecule has 0 saturated heterocycles. The molecule has 0 aliphatic rings. The second kappa shape index (κ2) is 3.23. The molecule has 10 heavy (non-hydrogen) atoms. The SMILES string of the molecule is Cc1cccc(C[SeH])c1C. The van der Waals surface area contributed by atoms with Crippen molar-refractivity contribution in [3.63, 3.8) is 0 Å². The van der Waals surface area contributed by atoms with Crippen LogP contribution in [0.1, 0.15) is 16.7 Å². The zero-order valence-electron chi connectivity index (χ0n) is 6.39. The van der Waals surface area contributed by atoms with E-state index in [2.05, 4.69) is 48.1 Å². The van der Waals surface area contributed by atoms with Gasteiger partial charge in [-0.1, -0.05) is 0 Å². The van der Waals surface area contributed by atoms with E-state index in [4.69, 9.17) is 0 Å². The molecule has 0 aromatic heterocycles. The third-order valence-electron chi connectivity index (χ3n) is 1.89. The van der Waals surface area contributed by atoms with Gasteiger partial charge in [-0.15, -0.1) is 0 Å². The van der Waals surface area contributed by atoms with Crippen molar-refractivity contribution in [1.82, 2.24) is 0 Å². The van der Waals surface area contributed by atoms with E-state index < -0.39 is 0 Å². The van der Waals surface area contributed by atoms with Crippen LogP contribution in [0.25, 0.3) is 0 Å². The van der Waals surface area contributed by atoms with Gasteiger partial charge in [0, 0.05) is 0 Å². The molecule has 0 radical (unpaired) electrons. The summed E-state index contributed by atoms with van der Waals surface area (Å²) >= 11 is 2.61. The van der Waals surface area contributed by atoms with Crippen molar-refractivity contribution in [3.8, 4) is 0 Å². The number of hydrogen-bond donors (Lipinski definition) is 0. The maximum absolute atomic E-state index is 2.61. The molecule has 0 aliphatic carbocycles. The van der Waals surface area contributed by atoms with Crippen LogP contribution < -0.4 is 0 Å². The zero-order valence-corrected chi connectivity index (χ0v) is 8.26. The molecular formula is C9H12Se. The molecule has 0 amide bonds. The van der Waals surface area contributed by atoms with Crippen LogP contribution in [-0.4, -0.2) is 16.0 Å². The Kier molecular flexibility index (Phi) is 2.53. The van der Waals surface area contributed by atoms with Gasteiger partial charge < -0.3 is 0 Å². The second-order valence-electron chi connectivity index (χ2n) is 2.52. The van der Waals surface area contributed by atoms with Crippen molar-refractivity contribution in [3.05, 3.63) is 34.9 Å². The van der Waals surface area contributed by atoms with Gasteiger partial charge in [-0.3, -0.25) is 0 Å². The van der Waals surface area contributed by atoms with E-state index >= 15 is 0 Å². The van der Waals surface area contributed by atoms with Gasteiger partial charge in [0.15, 0.2) is 0 Å². The Morgan fingerprint density at radius 2 is 2.00 bits per heavy atom. The van der Waals surface area contributed by atoms with Crippen molar-refractivity contribution in [1.29, 1.82) is 0 Å². The normalized spacial score (nSPS) is 9.90. The van der Waals surface area contributed by atoms with Gasteiger partial charge in [0.1, 0.15) is 0 Å². The first-order valence-corrected chi connectivity index (χ1v) is 4.74. The Labute approximate surface area is 70.5 Å². The van der Waals surface area contributed by atoms with Gasteiger partial charge in [0.05, 0.1) is 0 Å². The quantitative estimate of drug-likeness (QED) is 0.604. The van der Waals surface area contributed by atoms with E-state index in [0.717, 1.165) is 5.32 Å². The summed E-state index contributed by atoms with van der Waals surface area (Å²) in [6.07, 6.45) is 0. The summed E-state index contributed by atoms with van der Waals surface area (Å²) < 4.78 is 0. The van der Waals surface area contributed by atoms with Crippen LogP contribution >= 0.6 is 0 Å². The van der Waals surface area contributed by atoms with Gasteiger partial charge in [0.2, 0.25) is 0 Å². The van der Waals surface area contributed by atoms with Gasteiger partial charge in [0.25, 0.3) is 0 Å². The predicted octanol–water partition coefficient (Wildman–Crippen LogP) is 1.70. The summed E-state index contributed by atoms with van der Waals surface area (Å²) in [5, 5.41) is 1.08. The average Bonchev–Trinajstić information content (AvgIpc) is 1.95. The van der Waals surface area contributed by atoms with Crippen molar-refractivity contribution >= 4 is 16.0 Å². The summed E-state index contributed by atoms with van der Waals surface area (Å²) in [5.74, 6) is 0. The van der Waals surface area contributed by atoms with Crippen molar-refractivity contribution < 1.29 is 0 Å². The molecule has 1 rings (SSSR count). The van der Waals surface area contributed by atoms with Crippen LogP contribution in [0.3, 0.4) is 0 Å². The molecule has 0 N–H and O–H groups in total. The summed E-state index contributed by atoms with van der Waals surface area (Å²) in [6.45, 7) is 4.33. The summed E-state index contributed by atoms with van der Waals surface area (Å²) in [4.78, 5) is 0. The van der Waals surface area contributed by atoms with Crippen LogP contribution in [0, 0.1) is 13.8 Å². The van der Waals surface area contributed by atoms with Crippen LogP contribution in [0.2, 0.25) is 0 Å². The van der Waals surface area contributed by atoms with Gasteiger partial charge in [-0.2, -0.15) is 0 Å². The number of hydrogen-bond acceptors (Lipinski definition) is 0. The van der Waals surface area contributed by atoms with Gasteiger partial charge >= 0.3 is 70.1 Å². The molecule has 0 heterocycles. The maximum atomic E-state index is 2.61. The molecule has 0 nitrogen and oxygen atoms in total. The molecule has 0 fully saturated rings. The average molecular weight is 199 g/mol. The first-order valence-electron chi connectivity index (χ1n) is 3.41. The van der Waals surface area contributed by atoms with E-state index in [0.29, 0.717) is 0 Å². The minimum absolute atomic E-state index is 1.08. The van der Waals surface area contributed by atoms with Crippen molar-refractivity contribution in [2.75, 3.05) is 0 Å². The van der Waals surface area contributed by atoms with Crippen LogP contribution in [0.15, 0.2) is 18.2 Å². The number of aryl methyl sites for hydroxylation is 1. The van der Waals surface area contributed by atoms with E-state index in [9.17, 15) is 0 Å².